The van der Waals surface area contributed by atoms with Gasteiger partial charge in [0, 0.05) is 26.2 Å². The van der Waals surface area contributed by atoms with E-state index in [9.17, 15) is 19.1 Å². The highest BCUT2D eigenvalue weighted by Gasteiger charge is 2.64. The fraction of sp³-hybridized carbons (Fsp3) is 0.455. The van der Waals surface area contributed by atoms with E-state index < -0.39 is 17.7 Å². The average molecular weight is 413 g/mol. The van der Waals surface area contributed by atoms with Crippen LogP contribution in [0.2, 0.25) is 0 Å². The predicted octanol–water partition coefficient (Wildman–Crippen LogP) is 1.29. The summed E-state index contributed by atoms with van der Waals surface area (Å²) in [5.41, 5.74) is -0.00418. The molecule has 2 unspecified atom stereocenters. The molecule has 0 saturated carbocycles. The number of piperazine rings is 1. The molecule has 1 spiro atoms. The van der Waals surface area contributed by atoms with Gasteiger partial charge in [0.25, 0.3) is 5.91 Å². The topological polar surface area (TPSA) is 77.2 Å². The molecule has 0 aliphatic carbocycles. The minimum absolute atomic E-state index is 0.0948. The average Bonchev–Trinajstić information content (AvgIpc) is 3.26. The molecule has 30 heavy (non-hydrogen) atoms. The first-order chi connectivity index (χ1) is 14.4. The molecule has 7 nitrogen and oxygen atoms in total. The second-order valence-corrected chi connectivity index (χ2v) is 8.61. The number of carbonyl (C=O) groups is 2. The molecule has 1 aromatic heterocycles. The Balaban J connectivity index is 1.39. The van der Waals surface area contributed by atoms with Gasteiger partial charge in [0.1, 0.15) is 22.9 Å². The predicted molar refractivity (Wildman–Crippen MR) is 105 cm³/mol. The van der Waals surface area contributed by atoms with E-state index in [2.05, 4.69) is 4.90 Å². The zero-order valence-corrected chi connectivity index (χ0v) is 16.8. The summed E-state index contributed by atoms with van der Waals surface area (Å²) in [6, 6.07) is 9.49. The zero-order valence-electron chi connectivity index (χ0n) is 16.8. The van der Waals surface area contributed by atoms with Gasteiger partial charge in [-0.3, -0.25) is 24.3 Å². The normalized spacial score (nSPS) is 26.3. The van der Waals surface area contributed by atoms with Crippen molar-refractivity contribution in [3.8, 4) is 0 Å². The summed E-state index contributed by atoms with van der Waals surface area (Å²) >= 11 is 0. The molecule has 4 heterocycles. The maximum absolute atomic E-state index is 13.5. The van der Waals surface area contributed by atoms with Gasteiger partial charge in [0.05, 0.1) is 18.7 Å². The van der Waals surface area contributed by atoms with Crippen LogP contribution >= 0.6 is 0 Å². The summed E-state index contributed by atoms with van der Waals surface area (Å²) in [5, 5.41) is 10.2. The van der Waals surface area contributed by atoms with Crippen LogP contribution in [0.4, 0.5) is 4.39 Å². The number of hydrogen-bond donors (Lipinski definition) is 1. The monoisotopic (exact) mass is 413 g/mol. The summed E-state index contributed by atoms with van der Waals surface area (Å²) in [4.78, 5) is 31.8. The Morgan fingerprint density at radius 3 is 2.70 bits per heavy atom. The molecule has 2 atom stereocenters. The van der Waals surface area contributed by atoms with Gasteiger partial charge < -0.3 is 9.52 Å². The van der Waals surface area contributed by atoms with Crippen molar-refractivity contribution < 1.29 is 23.5 Å². The second-order valence-electron chi connectivity index (χ2n) is 8.61. The number of nitrogens with zero attached hydrogens (tertiary/aromatic N) is 3. The molecule has 3 aliphatic rings. The number of hydrogen-bond acceptors (Lipinski definition) is 6. The van der Waals surface area contributed by atoms with Crippen molar-refractivity contribution in [3.63, 3.8) is 0 Å². The fourth-order valence-electron chi connectivity index (χ4n) is 5.07. The zero-order chi connectivity index (χ0) is 21.0. The molecule has 2 aromatic rings. The Morgan fingerprint density at radius 2 is 2.00 bits per heavy atom. The quantitative estimate of drug-likeness (QED) is 0.762. The van der Waals surface area contributed by atoms with Crippen LogP contribution in [0.15, 0.2) is 40.8 Å². The van der Waals surface area contributed by atoms with E-state index in [4.69, 9.17) is 4.42 Å². The van der Waals surface area contributed by atoms with E-state index in [0.717, 1.165) is 11.3 Å². The van der Waals surface area contributed by atoms with E-state index >= 15 is 0 Å². The number of rotatable bonds is 4. The van der Waals surface area contributed by atoms with Crippen LogP contribution in [0.25, 0.3) is 0 Å². The van der Waals surface area contributed by atoms with Crippen molar-refractivity contribution in [3.05, 3.63) is 59.3 Å². The van der Waals surface area contributed by atoms with E-state index in [0.29, 0.717) is 38.4 Å². The molecular weight excluding hydrogens is 389 g/mol. The number of amides is 2. The van der Waals surface area contributed by atoms with Gasteiger partial charge in [0.2, 0.25) is 5.91 Å². The number of halogens is 1. The van der Waals surface area contributed by atoms with Crippen LogP contribution < -0.4 is 0 Å². The van der Waals surface area contributed by atoms with Crippen molar-refractivity contribution in [1.29, 1.82) is 0 Å². The SMILES string of the molecule is Cc1ccc(CN2C(=O)C3CC(O)CN3C3(CN(Cc4cccc(F)c4)C3)C2=O)o1. The Labute approximate surface area is 173 Å². The van der Waals surface area contributed by atoms with Crippen molar-refractivity contribution in [2.24, 2.45) is 0 Å². The lowest BCUT2D eigenvalue weighted by Crippen LogP contribution is -2.81. The first kappa shape index (κ1) is 19.4. The first-order valence-electron chi connectivity index (χ1n) is 10.2. The summed E-state index contributed by atoms with van der Waals surface area (Å²) in [6.45, 7) is 3.62. The van der Waals surface area contributed by atoms with E-state index in [-0.39, 0.29) is 24.2 Å². The Bertz CT molecular complexity index is 1000. The molecule has 5 rings (SSSR count). The van der Waals surface area contributed by atoms with Gasteiger partial charge in [-0.05, 0) is 43.2 Å². The summed E-state index contributed by atoms with van der Waals surface area (Å²) in [5.74, 6) is 0.471. The maximum atomic E-state index is 13.5. The number of fused-ring (bicyclic) bond motifs is 2. The number of aryl methyl sites for hydroxylation is 1. The lowest BCUT2D eigenvalue weighted by atomic mass is 9.82. The van der Waals surface area contributed by atoms with Crippen molar-refractivity contribution >= 4 is 11.8 Å². The Morgan fingerprint density at radius 1 is 1.20 bits per heavy atom. The number of furan rings is 1. The summed E-state index contributed by atoms with van der Waals surface area (Å²) < 4.78 is 19.1. The fourth-order valence-corrected chi connectivity index (χ4v) is 5.07. The molecule has 0 radical (unpaired) electrons. The van der Waals surface area contributed by atoms with Crippen molar-refractivity contribution in [1.82, 2.24) is 14.7 Å². The molecule has 0 bridgehead atoms. The third kappa shape index (κ3) is 3.07. The number of likely N-dealkylation sites (tertiary alicyclic amines) is 1. The Kier molecular flexibility index (Phi) is 4.53. The van der Waals surface area contributed by atoms with E-state index in [1.807, 2.05) is 17.9 Å². The number of carbonyl (C=O) groups excluding carboxylic acids is 2. The smallest absolute Gasteiger partial charge is 0.252 e. The van der Waals surface area contributed by atoms with Gasteiger partial charge in [-0.25, -0.2) is 4.39 Å². The minimum atomic E-state index is -0.842. The number of aliphatic hydroxyl groups is 1. The molecule has 3 fully saturated rings. The molecular formula is C22H24FN3O4. The van der Waals surface area contributed by atoms with Crippen molar-refractivity contribution in [2.75, 3.05) is 19.6 Å². The highest BCUT2D eigenvalue weighted by Crippen LogP contribution is 2.41. The largest absolute Gasteiger partial charge is 0.464 e. The molecule has 3 aliphatic heterocycles. The second kappa shape index (κ2) is 7.01. The van der Waals surface area contributed by atoms with Crippen LogP contribution in [0, 0.1) is 12.7 Å². The van der Waals surface area contributed by atoms with Gasteiger partial charge in [-0.2, -0.15) is 0 Å². The van der Waals surface area contributed by atoms with Gasteiger partial charge >= 0.3 is 0 Å². The van der Waals surface area contributed by atoms with Gasteiger partial charge in [0.15, 0.2) is 0 Å². The number of imide groups is 1. The van der Waals surface area contributed by atoms with E-state index in [1.54, 1.807) is 18.2 Å². The molecule has 3 saturated heterocycles. The lowest BCUT2D eigenvalue weighted by Gasteiger charge is -2.58. The van der Waals surface area contributed by atoms with Crippen LogP contribution in [0.5, 0.6) is 0 Å². The highest BCUT2D eigenvalue weighted by molar-refractivity contribution is 6.06. The first-order valence-corrected chi connectivity index (χ1v) is 10.2. The van der Waals surface area contributed by atoms with Crippen LogP contribution in [0.1, 0.15) is 23.5 Å². The highest BCUT2D eigenvalue weighted by atomic mass is 19.1. The summed E-state index contributed by atoms with van der Waals surface area (Å²) in [7, 11) is 0. The lowest BCUT2D eigenvalue weighted by molar-refractivity contribution is -0.181. The van der Waals surface area contributed by atoms with Crippen LogP contribution in [0.3, 0.4) is 0 Å². The van der Waals surface area contributed by atoms with Crippen LogP contribution in [-0.2, 0) is 22.7 Å². The minimum Gasteiger partial charge on any atom is -0.464 e. The van der Waals surface area contributed by atoms with E-state index in [1.165, 1.54) is 17.0 Å². The maximum Gasteiger partial charge on any atom is 0.252 e. The number of benzene rings is 1. The third-order valence-corrected chi connectivity index (χ3v) is 6.40. The number of β-amino-alcohol motifs (C(OH)–C–C–N with tert-alkyl or cyclic N) is 1. The van der Waals surface area contributed by atoms with Gasteiger partial charge in [-0.1, -0.05) is 12.1 Å². The Hall–Kier alpha value is -2.55. The number of aliphatic hydroxyl groups excluding tert-OH is 1. The van der Waals surface area contributed by atoms with Gasteiger partial charge in [-0.15, -0.1) is 0 Å². The third-order valence-electron chi connectivity index (χ3n) is 6.40. The summed E-state index contributed by atoms with van der Waals surface area (Å²) in [6.07, 6.45) is -0.308. The molecule has 158 valence electrons. The molecule has 8 heteroatoms. The molecule has 1 N–H and O–H groups in total. The molecule has 2 amide bonds. The van der Waals surface area contributed by atoms with Crippen LogP contribution in [-0.4, -0.2) is 68.9 Å². The standard InChI is InChI=1S/C22H24FN3O4/c1-14-5-6-18(30-14)11-25-20(28)19-8-17(27)10-26(19)22(21(25)29)12-24(13-22)9-15-3-2-4-16(23)7-15/h2-7,17,19,27H,8-13H2,1H3. The van der Waals surface area contributed by atoms with Crippen molar-refractivity contribution in [2.45, 2.75) is 44.1 Å². The molecule has 1 aromatic carbocycles.